The number of fused-ring (bicyclic) bond motifs is 4. The normalized spacial score (nSPS) is 20.1. The van der Waals surface area contributed by atoms with Crippen molar-refractivity contribution in [3.8, 4) is 0 Å². The molecule has 222 valence electrons. The Kier molecular flexibility index (Phi) is 6.76. The van der Waals surface area contributed by atoms with Crippen LogP contribution in [0.2, 0.25) is 0 Å². The number of nitro benzene ring substituents is 1. The molecular formula is C40H29N3O3. The summed E-state index contributed by atoms with van der Waals surface area (Å²) in [6.07, 6.45) is 2.19. The number of para-hydroxylation sites is 2. The van der Waals surface area contributed by atoms with Crippen LogP contribution in [0, 0.1) is 16.0 Å². The summed E-state index contributed by atoms with van der Waals surface area (Å²) >= 11 is 0. The van der Waals surface area contributed by atoms with Crippen LogP contribution in [0.1, 0.15) is 44.7 Å². The van der Waals surface area contributed by atoms with Gasteiger partial charge in [0, 0.05) is 40.3 Å². The molecule has 1 fully saturated rings. The lowest BCUT2D eigenvalue weighted by Gasteiger charge is -2.39. The van der Waals surface area contributed by atoms with Gasteiger partial charge in [0.2, 0.25) is 0 Å². The minimum absolute atomic E-state index is 0.0338. The van der Waals surface area contributed by atoms with Gasteiger partial charge < -0.3 is 4.90 Å². The number of anilines is 1. The van der Waals surface area contributed by atoms with Gasteiger partial charge in [-0.3, -0.25) is 14.9 Å². The van der Waals surface area contributed by atoms with E-state index in [9.17, 15) is 14.9 Å². The third kappa shape index (κ3) is 4.58. The van der Waals surface area contributed by atoms with E-state index in [1.54, 1.807) is 12.1 Å². The van der Waals surface area contributed by atoms with Gasteiger partial charge in [-0.1, -0.05) is 115 Å². The Labute approximate surface area is 266 Å². The SMILES string of the molecule is O=C(c1ccccc1)[C@@H]1[C@H](c2ccccc2)[C@H](c2ccc([N+](=O)[O-])cc2)N2c3ccccc3C=C(c3ccc4ccccc4n3)[C@@H]12. The Morgan fingerprint density at radius 3 is 2.11 bits per heavy atom. The molecule has 0 amide bonds. The van der Waals surface area contributed by atoms with Crippen molar-refractivity contribution in [3.63, 3.8) is 0 Å². The number of pyridine rings is 1. The molecule has 6 nitrogen and oxygen atoms in total. The third-order valence-electron chi connectivity index (χ3n) is 9.40. The molecule has 0 N–H and O–H groups in total. The number of hydrogen-bond donors (Lipinski definition) is 0. The van der Waals surface area contributed by atoms with Gasteiger partial charge in [-0.05, 0) is 41.0 Å². The van der Waals surface area contributed by atoms with Gasteiger partial charge in [0.15, 0.2) is 5.78 Å². The highest BCUT2D eigenvalue weighted by atomic mass is 16.6. The average molecular weight is 600 g/mol. The van der Waals surface area contributed by atoms with Crippen molar-refractivity contribution in [1.82, 2.24) is 4.98 Å². The van der Waals surface area contributed by atoms with Gasteiger partial charge in [-0.2, -0.15) is 0 Å². The summed E-state index contributed by atoms with van der Waals surface area (Å²) in [6, 6.07) is 46.4. The summed E-state index contributed by atoms with van der Waals surface area (Å²) in [5.41, 5.74) is 7.39. The van der Waals surface area contributed by atoms with Crippen LogP contribution >= 0.6 is 0 Å². The summed E-state index contributed by atoms with van der Waals surface area (Å²) in [4.78, 5) is 33.7. The van der Waals surface area contributed by atoms with Gasteiger partial charge in [0.25, 0.3) is 5.69 Å². The number of nitrogens with zero attached hydrogens (tertiary/aromatic N) is 3. The minimum Gasteiger partial charge on any atom is -0.355 e. The first kappa shape index (κ1) is 27.7. The van der Waals surface area contributed by atoms with Crippen LogP contribution in [0.3, 0.4) is 0 Å². The topological polar surface area (TPSA) is 76.3 Å². The van der Waals surface area contributed by atoms with Crippen molar-refractivity contribution in [1.29, 1.82) is 0 Å². The molecule has 1 aromatic heterocycles. The second kappa shape index (κ2) is 11.2. The van der Waals surface area contributed by atoms with E-state index in [-0.39, 0.29) is 34.4 Å². The number of ketones is 1. The molecule has 0 bridgehead atoms. The number of carbonyl (C=O) groups excluding carboxylic acids is 1. The van der Waals surface area contributed by atoms with E-state index in [1.807, 2.05) is 91.0 Å². The number of carbonyl (C=O) groups is 1. The zero-order chi connectivity index (χ0) is 31.2. The van der Waals surface area contributed by atoms with E-state index in [0.717, 1.165) is 44.5 Å². The average Bonchev–Trinajstić information content (AvgIpc) is 3.48. The van der Waals surface area contributed by atoms with E-state index in [4.69, 9.17) is 4.98 Å². The number of rotatable bonds is 6. The van der Waals surface area contributed by atoms with Gasteiger partial charge in [0.05, 0.1) is 34.1 Å². The van der Waals surface area contributed by atoms with Crippen LogP contribution in [0.25, 0.3) is 22.6 Å². The maximum atomic E-state index is 14.9. The minimum atomic E-state index is -0.488. The molecule has 8 rings (SSSR count). The molecule has 4 atom stereocenters. The molecule has 2 aliphatic heterocycles. The lowest BCUT2D eigenvalue weighted by atomic mass is 9.74. The monoisotopic (exact) mass is 599 g/mol. The molecule has 1 saturated heterocycles. The van der Waals surface area contributed by atoms with Crippen LogP contribution < -0.4 is 4.90 Å². The second-order valence-corrected chi connectivity index (χ2v) is 11.9. The predicted molar refractivity (Wildman–Crippen MR) is 182 cm³/mol. The van der Waals surface area contributed by atoms with E-state index >= 15 is 0 Å². The fourth-order valence-electron chi connectivity index (χ4n) is 7.43. The van der Waals surface area contributed by atoms with Crippen molar-refractivity contribution < 1.29 is 9.72 Å². The molecule has 0 spiro atoms. The highest BCUT2D eigenvalue weighted by Crippen LogP contribution is 2.58. The molecule has 2 aliphatic rings. The molecule has 0 radical (unpaired) electrons. The predicted octanol–water partition coefficient (Wildman–Crippen LogP) is 8.91. The second-order valence-electron chi connectivity index (χ2n) is 11.9. The molecule has 5 aromatic carbocycles. The third-order valence-corrected chi connectivity index (χ3v) is 9.40. The molecule has 0 unspecified atom stereocenters. The highest BCUT2D eigenvalue weighted by molar-refractivity contribution is 6.05. The number of hydrogen-bond acceptors (Lipinski definition) is 5. The smallest absolute Gasteiger partial charge is 0.269 e. The summed E-state index contributed by atoms with van der Waals surface area (Å²) in [7, 11) is 0. The molecule has 3 heterocycles. The van der Waals surface area contributed by atoms with Crippen molar-refractivity contribution in [2.45, 2.75) is 18.0 Å². The lowest BCUT2D eigenvalue weighted by molar-refractivity contribution is -0.384. The van der Waals surface area contributed by atoms with Crippen LogP contribution in [0.15, 0.2) is 146 Å². The van der Waals surface area contributed by atoms with E-state index < -0.39 is 5.92 Å². The van der Waals surface area contributed by atoms with Crippen LogP contribution in [-0.4, -0.2) is 21.7 Å². The molecular weight excluding hydrogens is 570 g/mol. The summed E-state index contributed by atoms with van der Waals surface area (Å²) in [5, 5.41) is 12.7. The Hall–Kier alpha value is -5.88. The summed E-state index contributed by atoms with van der Waals surface area (Å²) in [5.74, 6) is -0.701. The lowest BCUT2D eigenvalue weighted by Crippen LogP contribution is -2.40. The van der Waals surface area contributed by atoms with Crippen molar-refractivity contribution >= 4 is 39.7 Å². The van der Waals surface area contributed by atoms with Gasteiger partial charge in [0.1, 0.15) is 0 Å². The molecule has 6 heteroatoms. The van der Waals surface area contributed by atoms with Crippen molar-refractivity contribution in [2.75, 3.05) is 4.90 Å². The fourth-order valence-corrected chi connectivity index (χ4v) is 7.43. The molecule has 46 heavy (non-hydrogen) atoms. The highest BCUT2D eigenvalue weighted by Gasteiger charge is 2.56. The van der Waals surface area contributed by atoms with Gasteiger partial charge >= 0.3 is 0 Å². The molecule has 6 aromatic rings. The first-order chi connectivity index (χ1) is 22.6. The Bertz CT molecular complexity index is 2130. The van der Waals surface area contributed by atoms with E-state index in [1.165, 1.54) is 0 Å². The van der Waals surface area contributed by atoms with Crippen LogP contribution in [0.4, 0.5) is 11.4 Å². The summed E-state index contributed by atoms with van der Waals surface area (Å²) < 4.78 is 0. The number of benzene rings is 5. The quantitative estimate of drug-likeness (QED) is 0.109. The van der Waals surface area contributed by atoms with Gasteiger partial charge in [-0.25, -0.2) is 4.98 Å². The number of aromatic nitrogens is 1. The van der Waals surface area contributed by atoms with Gasteiger partial charge in [-0.15, -0.1) is 0 Å². The van der Waals surface area contributed by atoms with E-state index in [2.05, 4.69) is 53.4 Å². The van der Waals surface area contributed by atoms with E-state index in [0.29, 0.717) is 5.56 Å². The number of Topliss-reactive ketones (excluding diaryl/α,β-unsaturated/α-hetero) is 1. The molecule has 0 aliphatic carbocycles. The molecule has 0 saturated carbocycles. The Morgan fingerprint density at radius 1 is 0.674 bits per heavy atom. The largest absolute Gasteiger partial charge is 0.355 e. The maximum absolute atomic E-state index is 14.9. The zero-order valence-corrected chi connectivity index (χ0v) is 24.8. The first-order valence-corrected chi connectivity index (χ1v) is 15.4. The Morgan fingerprint density at radius 2 is 1.35 bits per heavy atom. The van der Waals surface area contributed by atoms with Crippen LogP contribution in [-0.2, 0) is 0 Å². The summed E-state index contributed by atoms with van der Waals surface area (Å²) in [6.45, 7) is 0. The standard InChI is InChI=1S/C40H29N3O3/c44-40(29-14-5-2-6-15-29)37-36(27-12-3-1-4-13-27)38(28-19-22-31(23-20-28)43(45)46)42-35-18-10-8-16-30(35)25-32(39(37)42)34-24-21-26-11-7-9-17-33(26)41-34/h1-25,36-39H/t36-,37+,38-,39-/m0/s1. The maximum Gasteiger partial charge on any atom is 0.269 e. The van der Waals surface area contributed by atoms with Crippen molar-refractivity contribution in [3.05, 3.63) is 184 Å². The Balaban J connectivity index is 1.41. The first-order valence-electron chi connectivity index (χ1n) is 15.4. The van der Waals surface area contributed by atoms with Crippen LogP contribution in [0.5, 0.6) is 0 Å². The number of nitro groups is 1. The number of non-ortho nitro benzene ring substituents is 1. The zero-order valence-electron chi connectivity index (χ0n) is 24.8. The fraction of sp³-hybridized carbons (Fsp3) is 0.100. The van der Waals surface area contributed by atoms with Crippen molar-refractivity contribution in [2.24, 2.45) is 5.92 Å².